The molecule has 27 heavy (non-hydrogen) atoms. The minimum Gasteiger partial charge on any atom is -0.295 e. The highest BCUT2D eigenvalue weighted by Gasteiger charge is 2.24. The maximum absolute atomic E-state index is 12.6. The molecule has 1 N–H and O–H groups in total. The molecule has 0 amide bonds. The van der Waals surface area contributed by atoms with Crippen LogP contribution in [0.5, 0.6) is 0 Å². The van der Waals surface area contributed by atoms with Gasteiger partial charge in [0.2, 0.25) is 10.0 Å². The van der Waals surface area contributed by atoms with Gasteiger partial charge in [-0.3, -0.25) is 9.69 Å². The lowest BCUT2D eigenvalue weighted by molar-refractivity contribution is 0.101. The molecular formula is C21H26N2O3S. The number of sulfonamides is 1. The van der Waals surface area contributed by atoms with Gasteiger partial charge in [-0.25, -0.2) is 13.1 Å². The molecule has 3 rings (SSSR count). The minimum absolute atomic E-state index is 0.0802. The molecule has 0 saturated carbocycles. The number of ketones is 1. The summed E-state index contributed by atoms with van der Waals surface area (Å²) in [4.78, 5) is 13.9. The average Bonchev–Trinajstić information content (AvgIpc) is 2.68. The van der Waals surface area contributed by atoms with Gasteiger partial charge in [-0.05, 0) is 43.0 Å². The molecule has 2 aromatic rings. The maximum atomic E-state index is 12.6. The number of rotatable bonds is 7. The zero-order valence-corrected chi connectivity index (χ0v) is 16.6. The molecule has 1 aliphatic rings. The second kappa shape index (κ2) is 8.33. The van der Waals surface area contributed by atoms with Crippen molar-refractivity contribution in [2.24, 2.45) is 0 Å². The van der Waals surface area contributed by atoms with E-state index in [-0.39, 0.29) is 16.7 Å². The first-order chi connectivity index (χ1) is 12.9. The molecule has 0 saturated heterocycles. The van der Waals surface area contributed by atoms with Gasteiger partial charge in [0, 0.05) is 31.2 Å². The van der Waals surface area contributed by atoms with Crippen molar-refractivity contribution in [2.75, 3.05) is 13.1 Å². The Kier molecular flexibility index (Phi) is 6.09. The van der Waals surface area contributed by atoms with Gasteiger partial charge in [0.25, 0.3) is 0 Å². The normalized spacial score (nSPS) is 15.9. The summed E-state index contributed by atoms with van der Waals surface area (Å²) in [7, 11) is -3.60. The summed E-state index contributed by atoms with van der Waals surface area (Å²) < 4.78 is 27.9. The van der Waals surface area contributed by atoms with Crippen LogP contribution >= 0.6 is 0 Å². The van der Waals surface area contributed by atoms with Crippen molar-refractivity contribution < 1.29 is 13.2 Å². The summed E-state index contributed by atoms with van der Waals surface area (Å²) >= 11 is 0. The van der Waals surface area contributed by atoms with E-state index in [4.69, 9.17) is 0 Å². The summed E-state index contributed by atoms with van der Waals surface area (Å²) in [6, 6.07) is 14.6. The number of hydrogen-bond donors (Lipinski definition) is 1. The molecule has 1 unspecified atom stereocenters. The van der Waals surface area contributed by atoms with E-state index >= 15 is 0 Å². The van der Waals surface area contributed by atoms with Crippen molar-refractivity contribution in [2.45, 2.75) is 44.2 Å². The lowest BCUT2D eigenvalue weighted by Gasteiger charge is -2.35. The topological polar surface area (TPSA) is 66.5 Å². The van der Waals surface area contributed by atoms with E-state index in [1.165, 1.54) is 30.2 Å². The number of nitrogens with zero attached hydrogens (tertiary/aromatic N) is 1. The van der Waals surface area contributed by atoms with E-state index in [1.807, 2.05) is 0 Å². The number of benzene rings is 2. The molecule has 0 fully saturated rings. The number of Topliss-reactive ketones (excluding diaryl/α,β-unsaturated/α-hetero) is 1. The van der Waals surface area contributed by atoms with Crippen molar-refractivity contribution >= 4 is 15.8 Å². The number of fused-ring (bicyclic) bond motifs is 1. The van der Waals surface area contributed by atoms with Crippen LogP contribution in [-0.2, 0) is 23.0 Å². The second-order valence-electron chi connectivity index (χ2n) is 6.98. The number of carbonyl (C=O) groups is 1. The van der Waals surface area contributed by atoms with E-state index in [2.05, 4.69) is 40.8 Å². The molecule has 0 aromatic heterocycles. The van der Waals surface area contributed by atoms with Crippen LogP contribution < -0.4 is 4.72 Å². The quantitative estimate of drug-likeness (QED) is 0.743. The van der Waals surface area contributed by atoms with Crippen LogP contribution in [0, 0.1) is 0 Å². The van der Waals surface area contributed by atoms with Crippen molar-refractivity contribution in [3.63, 3.8) is 0 Å². The van der Waals surface area contributed by atoms with Crippen LogP contribution in [0.4, 0.5) is 0 Å². The van der Waals surface area contributed by atoms with Crippen LogP contribution in [0.1, 0.15) is 41.8 Å². The smallest absolute Gasteiger partial charge is 0.240 e. The van der Waals surface area contributed by atoms with Gasteiger partial charge >= 0.3 is 0 Å². The molecule has 144 valence electrons. The summed E-state index contributed by atoms with van der Waals surface area (Å²) in [5.74, 6) is -0.0802. The third kappa shape index (κ3) is 4.64. The van der Waals surface area contributed by atoms with Gasteiger partial charge in [0.15, 0.2) is 5.78 Å². The van der Waals surface area contributed by atoms with Gasteiger partial charge in [-0.15, -0.1) is 0 Å². The molecule has 2 aromatic carbocycles. The van der Waals surface area contributed by atoms with Gasteiger partial charge in [0.1, 0.15) is 0 Å². The SMILES string of the molecule is CCC(CNS(=O)(=O)c1ccc(C(C)=O)cc1)N1CCc2ccccc2C1. The standard InChI is InChI=1S/C21H26N2O3S/c1-3-20(23-13-12-18-6-4-5-7-19(18)15-23)14-22-27(25,26)21-10-8-17(9-11-21)16(2)24/h4-11,20,22H,3,12-15H2,1-2H3. The number of hydrogen-bond acceptors (Lipinski definition) is 4. The molecular weight excluding hydrogens is 360 g/mol. The van der Waals surface area contributed by atoms with Crippen LogP contribution in [-0.4, -0.2) is 38.2 Å². The molecule has 0 radical (unpaired) electrons. The van der Waals surface area contributed by atoms with E-state index in [0.717, 1.165) is 25.9 Å². The minimum atomic E-state index is -3.60. The van der Waals surface area contributed by atoms with Gasteiger partial charge < -0.3 is 0 Å². The van der Waals surface area contributed by atoms with Gasteiger partial charge in [0.05, 0.1) is 4.90 Å². The Hall–Kier alpha value is -2.02. The van der Waals surface area contributed by atoms with Crippen LogP contribution in [0.3, 0.4) is 0 Å². The monoisotopic (exact) mass is 386 g/mol. The molecule has 0 bridgehead atoms. The molecule has 6 heteroatoms. The Morgan fingerprint density at radius 3 is 2.41 bits per heavy atom. The number of nitrogens with one attached hydrogen (secondary N) is 1. The van der Waals surface area contributed by atoms with E-state index < -0.39 is 10.0 Å². The van der Waals surface area contributed by atoms with Crippen LogP contribution in [0.2, 0.25) is 0 Å². The van der Waals surface area contributed by atoms with Crippen molar-refractivity contribution in [1.82, 2.24) is 9.62 Å². The Morgan fingerprint density at radius 1 is 1.11 bits per heavy atom. The van der Waals surface area contributed by atoms with Crippen molar-refractivity contribution in [3.05, 3.63) is 65.2 Å². The fourth-order valence-electron chi connectivity index (χ4n) is 3.52. The fourth-order valence-corrected chi connectivity index (χ4v) is 4.59. The largest absolute Gasteiger partial charge is 0.295 e. The predicted octanol–water partition coefficient (Wildman–Crippen LogP) is 3.00. The highest BCUT2D eigenvalue weighted by atomic mass is 32.2. The molecule has 1 atom stereocenters. The predicted molar refractivity (Wildman–Crippen MR) is 106 cm³/mol. The van der Waals surface area contributed by atoms with E-state index in [1.54, 1.807) is 12.1 Å². The van der Waals surface area contributed by atoms with E-state index in [9.17, 15) is 13.2 Å². The summed E-state index contributed by atoms with van der Waals surface area (Å²) in [6.45, 7) is 5.70. The first kappa shape index (κ1) is 19.7. The lowest BCUT2D eigenvalue weighted by Crippen LogP contribution is -2.45. The van der Waals surface area contributed by atoms with Crippen molar-refractivity contribution in [1.29, 1.82) is 0 Å². The first-order valence-electron chi connectivity index (χ1n) is 9.32. The molecule has 0 spiro atoms. The van der Waals surface area contributed by atoms with E-state index in [0.29, 0.717) is 12.1 Å². The van der Waals surface area contributed by atoms with Gasteiger partial charge in [-0.1, -0.05) is 43.3 Å². The zero-order valence-electron chi connectivity index (χ0n) is 15.8. The Bertz CT molecular complexity index is 907. The van der Waals surface area contributed by atoms with Gasteiger partial charge in [-0.2, -0.15) is 0 Å². The number of carbonyl (C=O) groups excluding carboxylic acids is 1. The highest BCUT2D eigenvalue weighted by molar-refractivity contribution is 7.89. The fraction of sp³-hybridized carbons (Fsp3) is 0.381. The molecule has 5 nitrogen and oxygen atoms in total. The highest BCUT2D eigenvalue weighted by Crippen LogP contribution is 2.21. The third-order valence-corrected chi connectivity index (χ3v) is 6.67. The lowest BCUT2D eigenvalue weighted by atomic mass is 9.98. The molecule has 0 aliphatic carbocycles. The Morgan fingerprint density at radius 2 is 1.78 bits per heavy atom. The summed E-state index contributed by atoms with van der Waals surface area (Å²) in [5, 5.41) is 0. The summed E-state index contributed by atoms with van der Waals surface area (Å²) in [5.41, 5.74) is 3.21. The summed E-state index contributed by atoms with van der Waals surface area (Å²) in [6.07, 6.45) is 1.86. The van der Waals surface area contributed by atoms with Crippen molar-refractivity contribution in [3.8, 4) is 0 Å². The van der Waals surface area contributed by atoms with Crippen LogP contribution in [0.15, 0.2) is 53.4 Å². The molecule has 1 aliphatic heterocycles. The first-order valence-corrected chi connectivity index (χ1v) is 10.8. The zero-order chi connectivity index (χ0) is 19.4. The Balaban J connectivity index is 1.66. The average molecular weight is 387 g/mol. The third-order valence-electron chi connectivity index (χ3n) is 5.23. The van der Waals surface area contributed by atoms with Crippen LogP contribution in [0.25, 0.3) is 0 Å². The second-order valence-corrected chi connectivity index (χ2v) is 8.75. The Labute approximate surface area is 161 Å². The maximum Gasteiger partial charge on any atom is 0.240 e. The molecule has 1 heterocycles.